The van der Waals surface area contributed by atoms with Crippen LogP contribution in [0.15, 0.2) is 52.9 Å². The van der Waals surface area contributed by atoms with Gasteiger partial charge in [-0.3, -0.25) is 0 Å². The van der Waals surface area contributed by atoms with Crippen LogP contribution in [-0.4, -0.2) is 59.9 Å². The van der Waals surface area contributed by atoms with Crippen molar-refractivity contribution in [1.82, 2.24) is 20.5 Å². The minimum atomic E-state index is -4.59. The molecule has 2 unspecified atom stereocenters. The normalized spacial score (nSPS) is 22.3. The molecule has 2 N–H and O–H groups in total. The number of amides is 3. The van der Waals surface area contributed by atoms with Gasteiger partial charge in [-0.25, -0.2) is 23.4 Å². The summed E-state index contributed by atoms with van der Waals surface area (Å²) in [4.78, 5) is 31.2. The van der Waals surface area contributed by atoms with Crippen molar-refractivity contribution in [3.05, 3.63) is 65.5 Å². The molecule has 3 atom stereocenters. The molecule has 1 aliphatic carbocycles. The SMILES string of the molecule is O=C(NC(c1nc2cc(C(C3COC3)N3C[C@@H](C(F)(F)F)NC3=O)ccc2o1)C1CCC(F)(F)CC1)OCc1ccccc1. The van der Waals surface area contributed by atoms with Crippen LogP contribution in [0.3, 0.4) is 0 Å². The van der Waals surface area contributed by atoms with Crippen LogP contribution in [0.5, 0.6) is 0 Å². The van der Waals surface area contributed by atoms with Gasteiger partial charge in [-0.05, 0) is 42.0 Å². The second kappa shape index (κ2) is 11.9. The number of hydrogen-bond donors (Lipinski definition) is 2. The number of nitrogens with one attached hydrogen (secondary N) is 2. The molecular weight excluding hydrogens is 591 g/mol. The molecule has 9 nitrogen and oxygen atoms in total. The fourth-order valence-corrected chi connectivity index (χ4v) is 6.07. The summed E-state index contributed by atoms with van der Waals surface area (Å²) in [6.07, 6.45) is -5.81. The van der Waals surface area contributed by atoms with Gasteiger partial charge in [0.1, 0.15) is 24.2 Å². The smallest absolute Gasteiger partial charge is 0.410 e. The average Bonchev–Trinajstić information content (AvgIpc) is 3.56. The Morgan fingerprint density at radius 2 is 1.84 bits per heavy atom. The summed E-state index contributed by atoms with van der Waals surface area (Å²) >= 11 is 0. The standard InChI is InChI=1S/C30H31F5N4O5/c31-29(32)10-8-18(9-11-29)24(38-28(41)43-14-17-4-2-1-3-5-17)26-36-21-12-19(6-7-22(21)44-26)25(20-15-42-16-20)39-13-23(30(33,34)35)37-27(39)40/h1-7,12,18,20,23-25H,8-11,13-16H2,(H,37,40)(H,38,41)/t23-,24?,25?/m0/s1. The molecule has 2 aromatic carbocycles. The van der Waals surface area contributed by atoms with Gasteiger partial charge in [0.2, 0.25) is 11.8 Å². The predicted octanol–water partition coefficient (Wildman–Crippen LogP) is 6.26. The molecule has 1 saturated carbocycles. The van der Waals surface area contributed by atoms with E-state index in [1.807, 2.05) is 23.5 Å². The van der Waals surface area contributed by atoms with E-state index in [-0.39, 0.29) is 57.3 Å². The maximum atomic E-state index is 14.0. The monoisotopic (exact) mass is 622 g/mol. The number of fused-ring (bicyclic) bond motifs is 1. The van der Waals surface area contributed by atoms with Crippen molar-refractivity contribution in [2.45, 2.75) is 62.5 Å². The summed E-state index contributed by atoms with van der Waals surface area (Å²) in [6, 6.07) is 9.56. The number of hydrogen-bond acceptors (Lipinski definition) is 6. The summed E-state index contributed by atoms with van der Waals surface area (Å²) < 4.78 is 84.9. The summed E-state index contributed by atoms with van der Waals surface area (Å²) in [7, 11) is 0. The summed E-state index contributed by atoms with van der Waals surface area (Å²) in [5.41, 5.74) is 2.00. The van der Waals surface area contributed by atoms with Crippen LogP contribution in [0, 0.1) is 11.8 Å². The molecule has 6 rings (SSSR count). The number of rotatable bonds is 8. The lowest BCUT2D eigenvalue weighted by Crippen LogP contribution is -2.44. The number of aromatic nitrogens is 1. The second-order valence-electron chi connectivity index (χ2n) is 11.6. The van der Waals surface area contributed by atoms with Crippen molar-refractivity contribution in [3.8, 4) is 0 Å². The number of oxazole rings is 1. The van der Waals surface area contributed by atoms with Gasteiger partial charge in [0.05, 0.1) is 25.8 Å². The number of nitrogens with zero attached hydrogens (tertiary/aromatic N) is 2. The lowest BCUT2D eigenvalue weighted by atomic mass is 9.82. The van der Waals surface area contributed by atoms with Gasteiger partial charge in [-0.1, -0.05) is 36.4 Å². The molecule has 0 radical (unpaired) electrons. The first-order chi connectivity index (χ1) is 21.0. The van der Waals surface area contributed by atoms with Crippen LogP contribution in [0.1, 0.15) is 54.8 Å². The number of alkyl halides is 5. The van der Waals surface area contributed by atoms with Crippen LogP contribution in [0.25, 0.3) is 11.1 Å². The zero-order valence-corrected chi connectivity index (χ0v) is 23.5. The number of alkyl carbamates (subject to hydrolysis) is 1. The molecule has 3 fully saturated rings. The zero-order chi connectivity index (χ0) is 31.1. The maximum Gasteiger partial charge on any atom is 0.410 e. The van der Waals surface area contributed by atoms with Gasteiger partial charge < -0.3 is 29.4 Å². The molecule has 3 heterocycles. The molecule has 3 amide bonds. The van der Waals surface area contributed by atoms with Gasteiger partial charge in [0.15, 0.2) is 5.58 Å². The van der Waals surface area contributed by atoms with E-state index < -0.39 is 54.8 Å². The Morgan fingerprint density at radius 1 is 1.11 bits per heavy atom. The molecule has 2 aliphatic heterocycles. The van der Waals surface area contributed by atoms with Crippen LogP contribution in [0.4, 0.5) is 31.5 Å². The largest absolute Gasteiger partial charge is 0.445 e. The van der Waals surface area contributed by atoms with Crippen molar-refractivity contribution in [2.75, 3.05) is 19.8 Å². The highest BCUT2D eigenvalue weighted by atomic mass is 19.4. The zero-order valence-electron chi connectivity index (χ0n) is 23.5. The Labute approximate surface area is 249 Å². The molecule has 2 saturated heterocycles. The third-order valence-corrected chi connectivity index (χ3v) is 8.53. The Morgan fingerprint density at radius 3 is 2.48 bits per heavy atom. The van der Waals surface area contributed by atoms with Crippen LogP contribution < -0.4 is 10.6 Å². The van der Waals surface area contributed by atoms with Crippen molar-refractivity contribution >= 4 is 23.2 Å². The summed E-state index contributed by atoms with van der Waals surface area (Å²) in [5, 5.41) is 4.77. The van der Waals surface area contributed by atoms with Crippen LogP contribution in [-0.2, 0) is 16.1 Å². The van der Waals surface area contributed by atoms with Crippen molar-refractivity contribution in [2.24, 2.45) is 11.8 Å². The van der Waals surface area contributed by atoms with Gasteiger partial charge in [-0.2, -0.15) is 13.2 Å². The molecule has 236 valence electrons. The third kappa shape index (κ3) is 6.44. The number of urea groups is 1. The lowest BCUT2D eigenvalue weighted by molar-refractivity contribution is -0.151. The van der Waals surface area contributed by atoms with Gasteiger partial charge in [0.25, 0.3) is 0 Å². The minimum Gasteiger partial charge on any atom is -0.445 e. The topological polar surface area (TPSA) is 106 Å². The highest BCUT2D eigenvalue weighted by molar-refractivity contribution is 5.79. The van der Waals surface area contributed by atoms with E-state index in [2.05, 4.69) is 10.3 Å². The van der Waals surface area contributed by atoms with E-state index in [9.17, 15) is 31.5 Å². The van der Waals surface area contributed by atoms with E-state index in [0.29, 0.717) is 16.7 Å². The second-order valence-corrected chi connectivity index (χ2v) is 11.6. The van der Waals surface area contributed by atoms with E-state index >= 15 is 0 Å². The molecule has 14 heteroatoms. The van der Waals surface area contributed by atoms with E-state index in [1.54, 1.807) is 30.3 Å². The third-order valence-electron chi connectivity index (χ3n) is 8.53. The number of benzene rings is 2. The van der Waals surface area contributed by atoms with Gasteiger partial charge in [-0.15, -0.1) is 0 Å². The van der Waals surface area contributed by atoms with Crippen molar-refractivity contribution in [3.63, 3.8) is 0 Å². The first-order valence-corrected chi connectivity index (χ1v) is 14.4. The van der Waals surface area contributed by atoms with E-state index in [1.165, 1.54) is 4.90 Å². The van der Waals surface area contributed by atoms with E-state index in [0.717, 1.165) is 5.56 Å². The first-order valence-electron chi connectivity index (χ1n) is 14.4. The molecule has 44 heavy (non-hydrogen) atoms. The van der Waals surface area contributed by atoms with Crippen LogP contribution >= 0.6 is 0 Å². The average molecular weight is 623 g/mol. The Balaban J connectivity index is 1.26. The molecule has 0 spiro atoms. The Hall–Kier alpha value is -3.94. The number of halogens is 5. The summed E-state index contributed by atoms with van der Waals surface area (Å²) in [6.45, 7) is 0.00681. The first kappa shape index (κ1) is 30.1. The molecular formula is C30H31F5N4O5. The van der Waals surface area contributed by atoms with E-state index in [4.69, 9.17) is 13.9 Å². The number of carbonyl (C=O) groups excluding carboxylic acids is 2. The maximum absolute atomic E-state index is 14.0. The molecule has 3 aromatic rings. The fourth-order valence-electron chi connectivity index (χ4n) is 6.07. The molecule has 1 aromatic heterocycles. The quantitative estimate of drug-likeness (QED) is 0.287. The van der Waals surface area contributed by atoms with Gasteiger partial charge >= 0.3 is 18.3 Å². The number of ether oxygens (including phenoxy) is 2. The predicted molar refractivity (Wildman–Crippen MR) is 146 cm³/mol. The minimum absolute atomic E-state index is 0.00456. The molecule has 0 bridgehead atoms. The van der Waals surface area contributed by atoms with Gasteiger partial charge in [0, 0.05) is 18.8 Å². The van der Waals surface area contributed by atoms with Crippen molar-refractivity contribution in [1.29, 1.82) is 0 Å². The highest BCUT2D eigenvalue weighted by Crippen LogP contribution is 2.43. The number of carbonyl (C=O) groups is 2. The van der Waals surface area contributed by atoms with Crippen LogP contribution in [0.2, 0.25) is 0 Å². The Kier molecular flexibility index (Phi) is 8.12. The Bertz CT molecular complexity index is 1490. The summed E-state index contributed by atoms with van der Waals surface area (Å²) in [5.74, 6) is -3.32. The van der Waals surface area contributed by atoms with Crippen molar-refractivity contribution < 1.29 is 45.4 Å². The lowest BCUT2D eigenvalue weighted by Gasteiger charge is -2.39. The fraction of sp³-hybridized carbons (Fsp3) is 0.500. The highest BCUT2D eigenvalue weighted by Gasteiger charge is 2.50. The molecule has 3 aliphatic rings.